The number of hydrogen-bond acceptors (Lipinski definition) is 4. The summed E-state index contributed by atoms with van der Waals surface area (Å²) in [5, 5.41) is 11.0. The van der Waals surface area contributed by atoms with Gasteiger partial charge in [-0.15, -0.1) is 0 Å². The fourth-order valence-electron chi connectivity index (χ4n) is 3.07. The highest BCUT2D eigenvalue weighted by molar-refractivity contribution is 5.92. The van der Waals surface area contributed by atoms with E-state index in [-0.39, 0.29) is 11.6 Å². The van der Waals surface area contributed by atoms with Gasteiger partial charge in [0, 0.05) is 30.1 Å². The van der Waals surface area contributed by atoms with E-state index >= 15 is 0 Å². The van der Waals surface area contributed by atoms with Crippen molar-refractivity contribution in [1.82, 2.24) is 9.88 Å². The minimum Gasteiger partial charge on any atom is -0.328 e. The van der Waals surface area contributed by atoms with Crippen LogP contribution < -0.4 is 4.90 Å². The number of piperazine rings is 1. The largest absolute Gasteiger partial charge is 0.328 e. The van der Waals surface area contributed by atoms with Crippen molar-refractivity contribution in [2.24, 2.45) is 0 Å². The number of quaternary nitrogens is 1. The number of pyridine rings is 1. The first-order valence-electron chi connectivity index (χ1n) is 8.56. The SMILES string of the molecule is O=C(/C=C/c1ccccc1[N+](=O)[O-])N1CC[NH+](Cc2ccncc2)CC1. The van der Waals surface area contributed by atoms with Gasteiger partial charge >= 0.3 is 0 Å². The van der Waals surface area contributed by atoms with Crippen molar-refractivity contribution in [3.05, 3.63) is 76.1 Å². The molecular formula is C19H21N4O3+. The van der Waals surface area contributed by atoms with E-state index in [1.807, 2.05) is 12.1 Å². The van der Waals surface area contributed by atoms with Gasteiger partial charge < -0.3 is 9.80 Å². The average molecular weight is 353 g/mol. The Morgan fingerprint density at radius 1 is 1.19 bits per heavy atom. The first-order chi connectivity index (χ1) is 12.6. The van der Waals surface area contributed by atoms with Crippen LogP contribution in [0.3, 0.4) is 0 Å². The molecule has 1 saturated heterocycles. The summed E-state index contributed by atoms with van der Waals surface area (Å²) in [5.41, 5.74) is 1.68. The predicted octanol–water partition coefficient (Wildman–Crippen LogP) is 0.930. The molecule has 1 aliphatic heterocycles. The fraction of sp³-hybridized carbons (Fsp3) is 0.263. The molecule has 1 aromatic heterocycles. The summed E-state index contributed by atoms with van der Waals surface area (Å²) in [4.78, 5) is 30.2. The molecule has 0 aliphatic carbocycles. The first-order valence-corrected chi connectivity index (χ1v) is 8.56. The van der Waals surface area contributed by atoms with Gasteiger partial charge in [-0.05, 0) is 24.3 Å². The van der Waals surface area contributed by atoms with Crippen LogP contribution in [0.2, 0.25) is 0 Å². The number of para-hydroxylation sites is 1. The summed E-state index contributed by atoms with van der Waals surface area (Å²) in [7, 11) is 0. The zero-order chi connectivity index (χ0) is 18.4. The van der Waals surface area contributed by atoms with Gasteiger partial charge in [-0.3, -0.25) is 19.9 Å². The number of nitro benzene ring substituents is 1. The number of hydrogen-bond donors (Lipinski definition) is 1. The molecule has 1 aliphatic rings. The number of rotatable bonds is 5. The highest BCUT2D eigenvalue weighted by Gasteiger charge is 2.22. The Bertz CT molecular complexity index is 799. The summed E-state index contributed by atoms with van der Waals surface area (Å²) >= 11 is 0. The molecule has 0 bridgehead atoms. The molecule has 0 radical (unpaired) electrons. The monoisotopic (exact) mass is 353 g/mol. The molecule has 2 aromatic rings. The van der Waals surface area contributed by atoms with E-state index in [1.165, 1.54) is 28.7 Å². The van der Waals surface area contributed by atoms with Gasteiger partial charge in [-0.25, -0.2) is 0 Å². The summed E-state index contributed by atoms with van der Waals surface area (Å²) in [6.45, 7) is 4.05. The fourth-order valence-corrected chi connectivity index (χ4v) is 3.07. The average Bonchev–Trinajstić information content (AvgIpc) is 2.67. The lowest BCUT2D eigenvalue weighted by molar-refractivity contribution is -0.917. The minimum absolute atomic E-state index is 0.00293. The Morgan fingerprint density at radius 2 is 1.88 bits per heavy atom. The van der Waals surface area contributed by atoms with Crippen LogP contribution in [0.5, 0.6) is 0 Å². The van der Waals surface area contributed by atoms with E-state index in [0.29, 0.717) is 18.7 Å². The highest BCUT2D eigenvalue weighted by Crippen LogP contribution is 2.19. The molecule has 1 fully saturated rings. The van der Waals surface area contributed by atoms with Gasteiger partial charge in [0.05, 0.1) is 36.7 Å². The van der Waals surface area contributed by atoms with E-state index in [9.17, 15) is 14.9 Å². The third kappa shape index (κ3) is 4.52. The predicted molar refractivity (Wildman–Crippen MR) is 97.3 cm³/mol. The van der Waals surface area contributed by atoms with Crippen LogP contribution in [-0.2, 0) is 11.3 Å². The van der Waals surface area contributed by atoms with Crippen LogP contribution in [0.15, 0.2) is 54.9 Å². The molecule has 26 heavy (non-hydrogen) atoms. The Labute approximate surface area is 151 Å². The van der Waals surface area contributed by atoms with Crippen molar-refractivity contribution in [3.8, 4) is 0 Å². The number of carbonyl (C=O) groups is 1. The quantitative estimate of drug-likeness (QED) is 0.493. The second-order valence-corrected chi connectivity index (χ2v) is 6.26. The lowest BCUT2D eigenvalue weighted by Crippen LogP contribution is -3.13. The van der Waals surface area contributed by atoms with Gasteiger partial charge in [0.2, 0.25) is 5.91 Å². The van der Waals surface area contributed by atoms with Gasteiger partial charge in [0.15, 0.2) is 0 Å². The van der Waals surface area contributed by atoms with Crippen molar-refractivity contribution in [3.63, 3.8) is 0 Å². The van der Waals surface area contributed by atoms with E-state index in [0.717, 1.165) is 19.6 Å². The molecule has 0 spiro atoms. The number of benzene rings is 1. The highest BCUT2D eigenvalue weighted by atomic mass is 16.6. The molecule has 1 amide bonds. The molecule has 1 aromatic carbocycles. The number of aromatic nitrogens is 1. The molecular weight excluding hydrogens is 332 g/mol. The van der Waals surface area contributed by atoms with Gasteiger partial charge in [-0.1, -0.05) is 12.1 Å². The molecule has 0 unspecified atom stereocenters. The van der Waals surface area contributed by atoms with Crippen molar-refractivity contribution in [2.45, 2.75) is 6.54 Å². The number of nitro groups is 1. The van der Waals surface area contributed by atoms with Crippen molar-refractivity contribution < 1.29 is 14.6 Å². The molecule has 1 N–H and O–H groups in total. The summed E-state index contributed by atoms with van der Waals surface area (Å²) in [6.07, 6.45) is 6.54. The third-order valence-electron chi connectivity index (χ3n) is 4.52. The van der Waals surface area contributed by atoms with Crippen molar-refractivity contribution >= 4 is 17.7 Å². The van der Waals surface area contributed by atoms with Crippen LogP contribution in [0, 0.1) is 10.1 Å². The van der Waals surface area contributed by atoms with Crippen molar-refractivity contribution in [2.75, 3.05) is 26.2 Å². The van der Waals surface area contributed by atoms with Crippen molar-refractivity contribution in [1.29, 1.82) is 0 Å². The zero-order valence-corrected chi connectivity index (χ0v) is 14.4. The standard InChI is InChI=1S/C19H20N4O3/c24-19(6-5-17-3-1-2-4-18(17)23(25)26)22-13-11-21(12-14-22)15-16-7-9-20-10-8-16/h1-10H,11-15H2/p+1/b6-5+. The second-order valence-electron chi connectivity index (χ2n) is 6.26. The second kappa shape index (κ2) is 8.35. The molecule has 3 rings (SSSR count). The molecule has 0 atom stereocenters. The Morgan fingerprint density at radius 3 is 2.58 bits per heavy atom. The maximum absolute atomic E-state index is 12.4. The maximum Gasteiger partial charge on any atom is 0.276 e. The van der Waals surface area contributed by atoms with Gasteiger partial charge in [0.25, 0.3) is 5.69 Å². The van der Waals surface area contributed by atoms with E-state index in [2.05, 4.69) is 4.98 Å². The molecule has 0 saturated carbocycles. The van der Waals surface area contributed by atoms with Crippen LogP contribution >= 0.6 is 0 Å². The van der Waals surface area contributed by atoms with Crippen LogP contribution in [0.1, 0.15) is 11.1 Å². The Balaban J connectivity index is 1.55. The lowest BCUT2D eigenvalue weighted by atomic mass is 10.1. The third-order valence-corrected chi connectivity index (χ3v) is 4.52. The van der Waals surface area contributed by atoms with Crippen LogP contribution in [0.25, 0.3) is 6.08 Å². The van der Waals surface area contributed by atoms with E-state index in [1.54, 1.807) is 35.5 Å². The topological polar surface area (TPSA) is 80.8 Å². The van der Waals surface area contributed by atoms with Gasteiger partial charge in [0.1, 0.15) is 6.54 Å². The Kier molecular flexibility index (Phi) is 5.70. The number of carbonyl (C=O) groups excluding carboxylic acids is 1. The number of nitrogens with zero attached hydrogens (tertiary/aromatic N) is 3. The van der Waals surface area contributed by atoms with Crippen LogP contribution in [0.4, 0.5) is 5.69 Å². The number of nitrogens with one attached hydrogen (secondary N) is 1. The minimum atomic E-state index is -0.439. The first kappa shape index (κ1) is 17.8. The molecule has 134 valence electrons. The summed E-state index contributed by atoms with van der Waals surface area (Å²) in [6, 6.07) is 10.4. The van der Waals surface area contributed by atoms with E-state index < -0.39 is 4.92 Å². The summed E-state index contributed by atoms with van der Waals surface area (Å²) < 4.78 is 0. The summed E-state index contributed by atoms with van der Waals surface area (Å²) in [5.74, 6) is -0.105. The zero-order valence-electron chi connectivity index (χ0n) is 14.4. The van der Waals surface area contributed by atoms with E-state index in [4.69, 9.17) is 0 Å². The lowest BCUT2D eigenvalue weighted by Gasteiger charge is -2.31. The molecule has 7 nitrogen and oxygen atoms in total. The molecule has 2 heterocycles. The normalized spacial score (nSPS) is 15.3. The molecule has 7 heteroatoms. The number of amides is 1. The van der Waals surface area contributed by atoms with Gasteiger partial charge in [-0.2, -0.15) is 0 Å². The smallest absolute Gasteiger partial charge is 0.276 e. The maximum atomic E-state index is 12.4. The Hall–Kier alpha value is -3.06. The van der Waals surface area contributed by atoms with Crippen LogP contribution in [-0.4, -0.2) is 46.9 Å².